The van der Waals surface area contributed by atoms with Crippen molar-refractivity contribution in [2.75, 3.05) is 18.0 Å². The first-order valence-corrected chi connectivity index (χ1v) is 8.50. The second kappa shape index (κ2) is 7.89. The van der Waals surface area contributed by atoms with E-state index < -0.39 is 11.9 Å². The zero-order chi connectivity index (χ0) is 19.4. The molecule has 0 bridgehead atoms. The van der Waals surface area contributed by atoms with Crippen molar-refractivity contribution in [3.63, 3.8) is 0 Å². The molecule has 3 rings (SSSR count). The van der Waals surface area contributed by atoms with Crippen molar-refractivity contribution < 1.29 is 22.4 Å². The summed E-state index contributed by atoms with van der Waals surface area (Å²) in [5.74, 6) is -0.632. The number of rotatable bonds is 4. The van der Waals surface area contributed by atoms with Crippen molar-refractivity contribution in [3.05, 3.63) is 53.7 Å². The first-order valence-electron chi connectivity index (χ1n) is 8.50. The minimum atomic E-state index is -4.53. The van der Waals surface area contributed by atoms with Crippen LogP contribution in [-0.4, -0.2) is 29.0 Å². The van der Waals surface area contributed by atoms with Gasteiger partial charge in [0.25, 0.3) is 0 Å². The number of carbonyl (C=O) groups excluding carboxylic acids is 1. The molecule has 1 aliphatic heterocycles. The number of anilines is 1. The lowest BCUT2D eigenvalue weighted by Crippen LogP contribution is -2.40. The largest absolute Gasteiger partial charge is 0.433 e. The Morgan fingerprint density at radius 2 is 1.89 bits per heavy atom. The molecule has 1 N–H and O–H groups in total. The molecule has 1 saturated heterocycles. The molecule has 144 valence electrons. The monoisotopic (exact) mass is 382 g/mol. The van der Waals surface area contributed by atoms with Gasteiger partial charge in [-0.05, 0) is 18.9 Å². The van der Waals surface area contributed by atoms with Gasteiger partial charge in [-0.25, -0.2) is 14.4 Å². The standard InChI is InChI=1S/C18H18F4N4O/c19-14-4-2-1-3-13(14)10-23-17(27)12-5-7-26(8-6-12)16-9-15(18(20,21)22)24-11-25-16/h1-4,9,11-12H,5-8,10H2,(H,23,27). The van der Waals surface area contributed by atoms with Gasteiger partial charge >= 0.3 is 6.18 Å². The molecule has 27 heavy (non-hydrogen) atoms. The van der Waals surface area contributed by atoms with Crippen LogP contribution in [-0.2, 0) is 17.5 Å². The average Bonchev–Trinajstić information content (AvgIpc) is 2.67. The zero-order valence-corrected chi connectivity index (χ0v) is 14.3. The van der Waals surface area contributed by atoms with Crippen LogP contribution in [0.4, 0.5) is 23.4 Å². The molecule has 0 saturated carbocycles. The predicted molar refractivity (Wildman–Crippen MR) is 90.2 cm³/mol. The van der Waals surface area contributed by atoms with Gasteiger partial charge in [0.15, 0.2) is 0 Å². The molecule has 0 unspecified atom stereocenters. The number of carbonyl (C=O) groups is 1. The maximum Gasteiger partial charge on any atom is 0.433 e. The van der Waals surface area contributed by atoms with Crippen molar-refractivity contribution in [2.24, 2.45) is 5.92 Å². The van der Waals surface area contributed by atoms with Gasteiger partial charge < -0.3 is 10.2 Å². The van der Waals surface area contributed by atoms with Crippen LogP contribution in [0.25, 0.3) is 0 Å². The summed E-state index contributed by atoms with van der Waals surface area (Å²) in [6, 6.07) is 7.12. The normalized spacial score (nSPS) is 15.6. The Morgan fingerprint density at radius 3 is 2.56 bits per heavy atom. The van der Waals surface area contributed by atoms with Crippen LogP contribution in [0.5, 0.6) is 0 Å². The molecule has 9 heteroatoms. The van der Waals surface area contributed by atoms with Crippen LogP contribution in [0.2, 0.25) is 0 Å². The Balaban J connectivity index is 1.54. The van der Waals surface area contributed by atoms with Crippen molar-refractivity contribution in [1.82, 2.24) is 15.3 Å². The van der Waals surface area contributed by atoms with Gasteiger partial charge in [-0.3, -0.25) is 4.79 Å². The highest BCUT2D eigenvalue weighted by molar-refractivity contribution is 5.79. The van der Waals surface area contributed by atoms with Gasteiger partial charge in [-0.1, -0.05) is 18.2 Å². The SMILES string of the molecule is O=C(NCc1ccccc1F)C1CCN(c2cc(C(F)(F)F)ncn2)CC1. The number of halogens is 4. The highest BCUT2D eigenvalue weighted by Crippen LogP contribution is 2.30. The van der Waals surface area contributed by atoms with Gasteiger partial charge in [0.1, 0.15) is 23.7 Å². The van der Waals surface area contributed by atoms with E-state index in [1.54, 1.807) is 23.1 Å². The maximum absolute atomic E-state index is 13.6. The van der Waals surface area contributed by atoms with Crippen LogP contribution in [0.1, 0.15) is 24.1 Å². The van der Waals surface area contributed by atoms with Gasteiger partial charge in [-0.2, -0.15) is 13.2 Å². The molecule has 1 aromatic carbocycles. The van der Waals surface area contributed by atoms with Crippen molar-refractivity contribution in [1.29, 1.82) is 0 Å². The molecule has 0 atom stereocenters. The predicted octanol–water partition coefficient (Wildman–Crippen LogP) is 3.17. The molecule has 2 aromatic rings. The van der Waals surface area contributed by atoms with E-state index in [1.807, 2.05) is 0 Å². The summed E-state index contributed by atoms with van der Waals surface area (Å²) >= 11 is 0. The Labute approximate surface area is 153 Å². The quantitative estimate of drug-likeness (QED) is 0.826. The fourth-order valence-corrected chi connectivity index (χ4v) is 3.01. The second-order valence-corrected chi connectivity index (χ2v) is 6.33. The molecule has 1 amide bonds. The molecule has 1 aliphatic rings. The minimum absolute atomic E-state index is 0.104. The van der Waals surface area contributed by atoms with E-state index in [2.05, 4.69) is 15.3 Å². The van der Waals surface area contributed by atoms with Crippen LogP contribution >= 0.6 is 0 Å². The number of nitrogens with zero attached hydrogens (tertiary/aromatic N) is 3. The fraction of sp³-hybridized carbons (Fsp3) is 0.389. The first-order chi connectivity index (χ1) is 12.8. The summed E-state index contributed by atoms with van der Waals surface area (Å²) in [6.07, 6.45) is -2.67. The molecule has 0 spiro atoms. The van der Waals surface area contributed by atoms with E-state index in [4.69, 9.17) is 0 Å². The highest BCUT2D eigenvalue weighted by Gasteiger charge is 2.34. The molecule has 1 fully saturated rings. The fourth-order valence-electron chi connectivity index (χ4n) is 3.01. The molecular weight excluding hydrogens is 364 g/mol. The van der Waals surface area contributed by atoms with Crippen molar-refractivity contribution in [2.45, 2.75) is 25.6 Å². The summed E-state index contributed by atoms with van der Waals surface area (Å²) in [5.41, 5.74) is -0.582. The number of piperidine rings is 1. The van der Waals surface area contributed by atoms with E-state index >= 15 is 0 Å². The lowest BCUT2D eigenvalue weighted by atomic mass is 9.95. The Morgan fingerprint density at radius 1 is 1.19 bits per heavy atom. The topological polar surface area (TPSA) is 58.1 Å². The van der Waals surface area contributed by atoms with Crippen LogP contribution in [0.3, 0.4) is 0 Å². The van der Waals surface area contributed by atoms with Crippen molar-refractivity contribution in [3.8, 4) is 0 Å². The minimum Gasteiger partial charge on any atom is -0.356 e. The maximum atomic E-state index is 13.6. The third kappa shape index (κ3) is 4.72. The number of benzene rings is 1. The lowest BCUT2D eigenvalue weighted by Gasteiger charge is -2.32. The van der Waals surface area contributed by atoms with Gasteiger partial charge in [0.05, 0.1) is 0 Å². The summed E-state index contributed by atoms with van der Waals surface area (Å²) in [5, 5.41) is 2.72. The third-order valence-electron chi connectivity index (χ3n) is 4.54. The number of amides is 1. The van der Waals surface area contributed by atoms with Gasteiger partial charge in [-0.15, -0.1) is 0 Å². The zero-order valence-electron chi connectivity index (χ0n) is 14.3. The number of hydrogen-bond acceptors (Lipinski definition) is 4. The number of alkyl halides is 3. The van der Waals surface area contributed by atoms with E-state index in [-0.39, 0.29) is 30.0 Å². The van der Waals surface area contributed by atoms with Crippen LogP contribution in [0, 0.1) is 11.7 Å². The molecule has 2 heterocycles. The van der Waals surface area contributed by atoms with E-state index in [0.29, 0.717) is 31.5 Å². The Hall–Kier alpha value is -2.71. The molecule has 5 nitrogen and oxygen atoms in total. The first kappa shape index (κ1) is 19.1. The van der Waals surface area contributed by atoms with Gasteiger partial charge in [0.2, 0.25) is 5.91 Å². The van der Waals surface area contributed by atoms with Crippen molar-refractivity contribution >= 4 is 11.7 Å². The molecule has 0 aliphatic carbocycles. The summed E-state index contributed by atoms with van der Waals surface area (Å²) in [6.45, 7) is 0.921. The molecule has 0 radical (unpaired) electrons. The number of hydrogen-bond donors (Lipinski definition) is 1. The summed E-state index contributed by atoms with van der Waals surface area (Å²) < 4.78 is 51.9. The smallest absolute Gasteiger partial charge is 0.356 e. The van der Waals surface area contributed by atoms with E-state index in [0.717, 1.165) is 12.4 Å². The van der Waals surface area contributed by atoms with Crippen LogP contribution in [0.15, 0.2) is 36.7 Å². The summed E-state index contributed by atoms with van der Waals surface area (Å²) in [7, 11) is 0. The second-order valence-electron chi connectivity index (χ2n) is 6.33. The molecular formula is C18H18F4N4O. The van der Waals surface area contributed by atoms with Crippen LogP contribution < -0.4 is 10.2 Å². The van der Waals surface area contributed by atoms with E-state index in [1.165, 1.54) is 6.07 Å². The highest BCUT2D eigenvalue weighted by atomic mass is 19.4. The lowest BCUT2D eigenvalue weighted by molar-refractivity contribution is -0.141. The average molecular weight is 382 g/mol. The van der Waals surface area contributed by atoms with E-state index in [9.17, 15) is 22.4 Å². The summed E-state index contributed by atoms with van der Waals surface area (Å²) in [4.78, 5) is 21.1. The Bertz CT molecular complexity index is 804. The third-order valence-corrected chi connectivity index (χ3v) is 4.54. The number of nitrogens with one attached hydrogen (secondary N) is 1. The molecule has 1 aromatic heterocycles. The van der Waals surface area contributed by atoms with Gasteiger partial charge in [0, 0.05) is 37.2 Å². The Kier molecular flexibility index (Phi) is 5.57. The number of aromatic nitrogens is 2.